The summed E-state index contributed by atoms with van der Waals surface area (Å²) in [7, 11) is 0. The standard InChI is InChI=1S/C37H44ClF3N4O3/c1-2-24-12-13-32-28(17-24)30(21-36(48-32)14-6-7-15-36)42-22-31(46)29(18-25-9-4-3-5-10-25)43-35(47)26-19-33(38)44-34(20-26)45-16-8-11-27(23-45)37(39,40)41/h3-5,9-10,12-13,17,19-20,27,29-31,42,46H,2,6-8,11,14-16,18,21-23H2,1H3,(H,43,47)/t27-,29+,30+,31-/m1/s1. The number of carbonyl (C=O) groups is 1. The Morgan fingerprint density at radius 2 is 1.88 bits per heavy atom. The molecule has 1 aliphatic carbocycles. The number of nitrogens with one attached hydrogen (secondary N) is 2. The number of ether oxygens (including phenoxy) is 1. The lowest BCUT2D eigenvalue weighted by Gasteiger charge is -2.41. The summed E-state index contributed by atoms with van der Waals surface area (Å²) in [5.74, 6) is -0.836. The SMILES string of the molecule is CCc1ccc2c(c1)[C@@H](NC[C@@H](O)[C@H](Cc1ccccc1)NC(=O)c1cc(Cl)nc(N3CCC[C@@H](C(F)(F)F)C3)c1)CC1(CCCC1)O2. The molecule has 11 heteroatoms. The minimum atomic E-state index is -4.31. The van der Waals surface area contributed by atoms with Gasteiger partial charge in [-0.2, -0.15) is 13.2 Å². The predicted octanol–water partition coefficient (Wildman–Crippen LogP) is 7.20. The van der Waals surface area contributed by atoms with Gasteiger partial charge < -0.3 is 25.4 Å². The Balaban J connectivity index is 1.20. The first-order valence-electron chi connectivity index (χ1n) is 17.1. The van der Waals surface area contributed by atoms with Crippen molar-refractivity contribution in [1.29, 1.82) is 0 Å². The molecule has 6 rings (SSSR count). The van der Waals surface area contributed by atoms with Crippen LogP contribution >= 0.6 is 11.6 Å². The molecule has 3 N–H and O–H groups in total. The zero-order chi connectivity index (χ0) is 33.9. The number of alkyl halides is 3. The maximum Gasteiger partial charge on any atom is 0.393 e. The second-order valence-electron chi connectivity index (χ2n) is 13.6. The van der Waals surface area contributed by atoms with Gasteiger partial charge in [0, 0.05) is 43.2 Å². The van der Waals surface area contributed by atoms with Crippen LogP contribution in [0.2, 0.25) is 5.15 Å². The maximum atomic E-state index is 13.7. The summed E-state index contributed by atoms with van der Waals surface area (Å²) in [4.78, 5) is 19.5. The van der Waals surface area contributed by atoms with Gasteiger partial charge in [0.1, 0.15) is 22.3 Å². The number of hydrogen-bond acceptors (Lipinski definition) is 6. The zero-order valence-corrected chi connectivity index (χ0v) is 28.0. The summed E-state index contributed by atoms with van der Waals surface area (Å²) < 4.78 is 47.1. The molecular formula is C37H44ClF3N4O3. The van der Waals surface area contributed by atoms with E-state index in [9.17, 15) is 23.1 Å². The molecule has 7 nitrogen and oxygen atoms in total. The molecule has 1 amide bonds. The topological polar surface area (TPSA) is 86.7 Å². The fraction of sp³-hybridized carbons (Fsp3) is 0.514. The van der Waals surface area contributed by atoms with Crippen LogP contribution in [0.1, 0.15) is 85.0 Å². The van der Waals surface area contributed by atoms with E-state index in [1.807, 2.05) is 30.3 Å². The quantitative estimate of drug-likeness (QED) is 0.196. The number of pyridine rings is 1. The molecule has 258 valence electrons. The van der Waals surface area contributed by atoms with E-state index >= 15 is 0 Å². The van der Waals surface area contributed by atoms with E-state index in [2.05, 4.69) is 40.7 Å². The Kier molecular flexibility index (Phi) is 10.5. The summed E-state index contributed by atoms with van der Waals surface area (Å²) in [6, 6.07) is 18.2. The first-order valence-corrected chi connectivity index (χ1v) is 17.5. The van der Waals surface area contributed by atoms with Crippen LogP contribution in [0.4, 0.5) is 19.0 Å². The van der Waals surface area contributed by atoms with Gasteiger partial charge in [-0.3, -0.25) is 4.79 Å². The van der Waals surface area contributed by atoms with E-state index in [-0.39, 0.29) is 47.7 Å². The van der Waals surface area contributed by atoms with Crippen molar-refractivity contribution in [3.63, 3.8) is 0 Å². The van der Waals surface area contributed by atoms with Gasteiger partial charge in [0.15, 0.2) is 0 Å². The minimum Gasteiger partial charge on any atom is -0.487 e. The summed E-state index contributed by atoms with van der Waals surface area (Å²) in [5.41, 5.74) is 3.21. The molecule has 1 aromatic heterocycles. The van der Waals surface area contributed by atoms with E-state index in [4.69, 9.17) is 16.3 Å². The van der Waals surface area contributed by atoms with E-state index < -0.39 is 30.1 Å². The molecule has 2 aliphatic heterocycles. The number of aliphatic hydroxyl groups excluding tert-OH is 1. The second-order valence-corrected chi connectivity index (χ2v) is 14.0. The number of carbonyl (C=O) groups excluding carboxylic acids is 1. The maximum absolute atomic E-state index is 13.7. The second kappa shape index (κ2) is 14.6. The van der Waals surface area contributed by atoms with Crippen molar-refractivity contribution in [3.8, 4) is 5.75 Å². The Bertz CT molecular complexity index is 1570. The van der Waals surface area contributed by atoms with Gasteiger partial charge in [-0.05, 0) is 80.7 Å². The van der Waals surface area contributed by atoms with Crippen LogP contribution in [0.5, 0.6) is 5.75 Å². The van der Waals surface area contributed by atoms with Gasteiger partial charge in [-0.1, -0.05) is 61.0 Å². The van der Waals surface area contributed by atoms with Crippen LogP contribution in [-0.2, 0) is 12.8 Å². The number of halogens is 4. The molecule has 3 aromatic rings. The van der Waals surface area contributed by atoms with Crippen LogP contribution in [0.25, 0.3) is 0 Å². The Morgan fingerprint density at radius 3 is 2.60 bits per heavy atom. The summed E-state index contributed by atoms with van der Waals surface area (Å²) >= 11 is 6.31. The van der Waals surface area contributed by atoms with E-state index in [1.165, 1.54) is 22.6 Å². The normalized spacial score (nSPS) is 21.8. The molecule has 0 unspecified atom stereocenters. The third-order valence-electron chi connectivity index (χ3n) is 10.2. The molecule has 0 bridgehead atoms. The highest BCUT2D eigenvalue weighted by Crippen LogP contribution is 2.47. The van der Waals surface area contributed by atoms with E-state index in [0.29, 0.717) is 19.4 Å². The predicted molar refractivity (Wildman–Crippen MR) is 181 cm³/mol. The molecule has 0 radical (unpaired) electrons. The summed E-state index contributed by atoms with van der Waals surface area (Å²) in [6.45, 7) is 2.49. The Morgan fingerprint density at radius 1 is 1.10 bits per heavy atom. The number of aryl methyl sites for hydroxylation is 1. The van der Waals surface area contributed by atoms with Crippen molar-refractivity contribution in [2.75, 3.05) is 24.5 Å². The van der Waals surface area contributed by atoms with Gasteiger partial charge in [0.25, 0.3) is 5.91 Å². The van der Waals surface area contributed by atoms with Crippen molar-refractivity contribution in [2.24, 2.45) is 5.92 Å². The average Bonchev–Trinajstić information content (AvgIpc) is 3.53. The van der Waals surface area contributed by atoms with Crippen LogP contribution < -0.4 is 20.3 Å². The Labute approximate surface area is 285 Å². The van der Waals surface area contributed by atoms with Crippen molar-refractivity contribution in [2.45, 2.75) is 94.7 Å². The van der Waals surface area contributed by atoms with Crippen molar-refractivity contribution < 1.29 is 27.8 Å². The summed E-state index contributed by atoms with van der Waals surface area (Å²) in [6.07, 6.45) is 1.48. The number of aliphatic hydroxyl groups is 1. The van der Waals surface area contributed by atoms with Crippen molar-refractivity contribution in [1.82, 2.24) is 15.6 Å². The smallest absolute Gasteiger partial charge is 0.393 e. The molecule has 1 spiro atoms. The number of nitrogens with zero attached hydrogens (tertiary/aromatic N) is 2. The summed E-state index contributed by atoms with van der Waals surface area (Å²) in [5, 5.41) is 18.3. The first kappa shape index (κ1) is 34.5. The third kappa shape index (κ3) is 8.09. The fourth-order valence-electron chi connectivity index (χ4n) is 7.48. The lowest BCUT2D eigenvalue weighted by molar-refractivity contribution is -0.176. The van der Waals surface area contributed by atoms with Crippen molar-refractivity contribution in [3.05, 3.63) is 88.1 Å². The van der Waals surface area contributed by atoms with Gasteiger partial charge in [0.2, 0.25) is 0 Å². The molecule has 2 aromatic carbocycles. The van der Waals surface area contributed by atoms with Gasteiger partial charge in [0.05, 0.1) is 18.1 Å². The Hall–Kier alpha value is -3.34. The highest BCUT2D eigenvalue weighted by Gasteiger charge is 2.44. The van der Waals surface area contributed by atoms with Crippen LogP contribution in [0.3, 0.4) is 0 Å². The van der Waals surface area contributed by atoms with E-state index in [0.717, 1.165) is 55.4 Å². The number of piperidine rings is 1. The number of hydrogen-bond donors (Lipinski definition) is 3. The number of amides is 1. The molecule has 1 saturated carbocycles. The molecule has 48 heavy (non-hydrogen) atoms. The number of benzene rings is 2. The monoisotopic (exact) mass is 684 g/mol. The van der Waals surface area contributed by atoms with Crippen LogP contribution in [0, 0.1) is 5.92 Å². The lowest BCUT2D eigenvalue weighted by Crippen LogP contribution is -2.50. The highest BCUT2D eigenvalue weighted by molar-refractivity contribution is 6.30. The first-order chi connectivity index (χ1) is 23.0. The minimum absolute atomic E-state index is 0.0130. The number of rotatable bonds is 10. The molecule has 3 heterocycles. The van der Waals surface area contributed by atoms with Crippen LogP contribution in [-0.4, -0.2) is 59.6 Å². The molecule has 1 saturated heterocycles. The fourth-order valence-corrected chi connectivity index (χ4v) is 7.69. The van der Waals surface area contributed by atoms with Crippen LogP contribution in [0.15, 0.2) is 60.7 Å². The van der Waals surface area contributed by atoms with Crippen molar-refractivity contribution >= 4 is 23.3 Å². The molecule has 3 aliphatic rings. The molecule has 4 atom stereocenters. The van der Waals surface area contributed by atoms with Gasteiger partial charge in [-0.15, -0.1) is 0 Å². The van der Waals surface area contributed by atoms with Gasteiger partial charge in [-0.25, -0.2) is 4.98 Å². The molecule has 2 fully saturated rings. The number of fused-ring (bicyclic) bond motifs is 1. The zero-order valence-electron chi connectivity index (χ0n) is 27.2. The third-order valence-corrected chi connectivity index (χ3v) is 10.4. The number of aromatic nitrogens is 1. The average molecular weight is 685 g/mol. The van der Waals surface area contributed by atoms with E-state index in [1.54, 1.807) is 0 Å². The van der Waals surface area contributed by atoms with Gasteiger partial charge >= 0.3 is 6.18 Å². The lowest BCUT2D eigenvalue weighted by atomic mass is 9.85. The molecular weight excluding hydrogens is 641 g/mol. The number of anilines is 1. The highest BCUT2D eigenvalue weighted by atomic mass is 35.5. The largest absolute Gasteiger partial charge is 0.487 e.